The van der Waals surface area contributed by atoms with Crippen LogP contribution in [0.25, 0.3) is 6.08 Å². The number of likely N-dealkylation sites (N-methyl/N-ethyl adjacent to an activating group) is 1. The Kier molecular flexibility index (Phi) is 14.7. The summed E-state index contributed by atoms with van der Waals surface area (Å²) in [4.78, 5) is 32.3. The van der Waals surface area contributed by atoms with E-state index in [1.807, 2.05) is 101 Å². The van der Waals surface area contributed by atoms with Gasteiger partial charge >= 0.3 is 5.97 Å². The summed E-state index contributed by atoms with van der Waals surface area (Å²) in [5.41, 5.74) is -1.69. The van der Waals surface area contributed by atoms with Crippen LogP contribution in [-0.4, -0.2) is 126 Å². The Morgan fingerprint density at radius 3 is 2.37 bits per heavy atom. The molecule has 0 amide bonds. The summed E-state index contributed by atoms with van der Waals surface area (Å²) in [7, 11) is 3.82. The van der Waals surface area contributed by atoms with Crippen LogP contribution in [0, 0.1) is 17.8 Å². The topological polar surface area (TPSA) is 127 Å². The van der Waals surface area contributed by atoms with Crippen molar-refractivity contribution in [1.82, 2.24) is 9.80 Å². The fourth-order valence-corrected chi connectivity index (χ4v) is 8.28. The first-order valence-corrected chi connectivity index (χ1v) is 19.0. The molecule has 11 heteroatoms. The van der Waals surface area contributed by atoms with E-state index in [0.29, 0.717) is 25.8 Å². The summed E-state index contributed by atoms with van der Waals surface area (Å²) >= 11 is 0. The largest absolute Gasteiger partial charge is 0.459 e. The third kappa shape index (κ3) is 9.91. The lowest BCUT2D eigenvalue weighted by atomic mass is 9.78. The summed E-state index contributed by atoms with van der Waals surface area (Å²) in [6, 6.07) is 9.38. The van der Waals surface area contributed by atoms with Crippen molar-refractivity contribution in [2.75, 3.05) is 33.9 Å². The smallest absolute Gasteiger partial charge is 0.316 e. The number of ketones is 1. The molecule has 52 heavy (non-hydrogen) atoms. The van der Waals surface area contributed by atoms with Gasteiger partial charge in [0.2, 0.25) is 0 Å². The number of hydrogen-bond donors (Lipinski definition) is 2. The number of aliphatic hydroxyl groups excluding tert-OH is 1. The first-order chi connectivity index (χ1) is 24.5. The van der Waals surface area contributed by atoms with Gasteiger partial charge < -0.3 is 43.7 Å². The minimum atomic E-state index is -1.63. The number of hydrogen-bond acceptors (Lipinski definition) is 11. The van der Waals surface area contributed by atoms with E-state index in [2.05, 4.69) is 11.8 Å². The van der Waals surface area contributed by atoms with Crippen molar-refractivity contribution in [2.45, 2.75) is 135 Å². The molecule has 2 N–H and O–H groups in total. The Morgan fingerprint density at radius 2 is 1.71 bits per heavy atom. The molecule has 1 unspecified atom stereocenters. The van der Waals surface area contributed by atoms with Crippen LogP contribution in [-0.2, 0) is 33.3 Å². The maximum atomic E-state index is 14.4. The highest BCUT2D eigenvalue weighted by Gasteiger charge is 2.51. The van der Waals surface area contributed by atoms with Crippen molar-refractivity contribution in [3.63, 3.8) is 0 Å². The van der Waals surface area contributed by atoms with Crippen molar-refractivity contribution in [3.05, 3.63) is 54.2 Å². The number of rotatable bonds is 6. The Hall–Kier alpha value is -2.64. The molecular formula is C41H64N2O9. The maximum absolute atomic E-state index is 14.4. The molecule has 2 bridgehead atoms. The summed E-state index contributed by atoms with van der Waals surface area (Å²) < 4.78 is 32.3. The number of esters is 1. The molecule has 11 nitrogen and oxygen atoms in total. The zero-order valence-corrected chi connectivity index (χ0v) is 32.9. The van der Waals surface area contributed by atoms with Crippen molar-refractivity contribution in [3.8, 4) is 0 Å². The van der Waals surface area contributed by atoms with Gasteiger partial charge in [-0.15, -0.1) is 0 Å². The first kappa shape index (κ1) is 42.1. The summed E-state index contributed by atoms with van der Waals surface area (Å²) in [6.45, 7) is 15.7. The van der Waals surface area contributed by atoms with Crippen molar-refractivity contribution in [1.29, 1.82) is 0 Å². The normalized spacial score (nSPS) is 41.0. The fraction of sp³-hybridized carbons (Fsp3) is 0.707. The first-order valence-electron chi connectivity index (χ1n) is 19.0. The molecule has 2 saturated heterocycles. The van der Waals surface area contributed by atoms with Gasteiger partial charge in [-0.2, -0.15) is 0 Å². The summed E-state index contributed by atoms with van der Waals surface area (Å²) in [6.07, 6.45) is 4.22. The molecule has 292 valence electrons. The Balaban J connectivity index is 1.88. The fourth-order valence-electron chi connectivity index (χ4n) is 8.28. The van der Waals surface area contributed by atoms with Crippen LogP contribution in [0.15, 0.2) is 48.7 Å². The van der Waals surface area contributed by atoms with Gasteiger partial charge in [0.1, 0.15) is 29.8 Å². The molecule has 13 atom stereocenters. The average Bonchev–Trinajstić information content (AvgIpc) is 3.10. The molecule has 1 aromatic rings. The molecule has 1 aromatic carbocycles. The van der Waals surface area contributed by atoms with Crippen LogP contribution in [0.5, 0.6) is 0 Å². The summed E-state index contributed by atoms with van der Waals surface area (Å²) in [5.74, 6) is -3.19. The second-order valence-corrected chi connectivity index (χ2v) is 15.9. The molecule has 0 saturated carbocycles. The number of Topliss-reactive ketones (excluding diaryl/α,β-unsaturated/α-hetero) is 1. The number of cyclic esters (lactones) is 1. The highest BCUT2D eigenvalue weighted by molar-refractivity contribution is 6.00. The molecule has 0 radical (unpaired) electrons. The van der Waals surface area contributed by atoms with E-state index < -0.39 is 59.7 Å². The van der Waals surface area contributed by atoms with Gasteiger partial charge in [-0.25, -0.2) is 0 Å². The second kappa shape index (κ2) is 18.1. The van der Waals surface area contributed by atoms with E-state index in [1.165, 1.54) is 6.92 Å². The van der Waals surface area contributed by atoms with Crippen molar-refractivity contribution < 1.29 is 43.5 Å². The Bertz CT molecular complexity index is 1370. The average molecular weight is 729 g/mol. The minimum Gasteiger partial charge on any atom is -0.459 e. The van der Waals surface area contributed by atoms with E-state index >= 15 is 0 Å². The van der Waals surface area contributed by atoms with E-state index in [9.17, 15) is 19.8 Å². The van der Waals surface area contributed by atoms with Crippen LogP contribution in [0.3, 0.4) is 0 Å². The molecular weight excluding hydrogens is 664 g/mol. The maximum Gasteiger partial charge on any atom is 0.316 e. The number of fused-ring (bicyclic) bond motifs is 6. The van der Waals surface area contributed by atoms with Gasteiger partial charge in [-0.1, -0.05) is 63.3 Å². The van der Waals surface area contributed by atoms with Gasteiger partial charge in [-0.05, 0) is 91.7 Å². The molecule has 3 aliphatic heterocycles. The monoisotopic (exact) mass is 728 g/mol. The molecule has 0 aromatic heterocycles. The lowest BCUT2D eigenvalue weighted by Gasteiger charge is -2.47. The van der Waals surface area contributed by atoms with Gasteiger partial charge in [0.15, 0.2) is 12.1 Å². The lowest BCUT2D eigenvalue weighted by molar-refractivity contribution is -0.297. The van der Waals surface area contributed by atoms with Crippen LogP contribution >= 0.6 is 0 Å². The predicted octanol–water partition coefficient (Wildman–Crippen LogP) is 4.84. The highest BCUT2D eigenvalue weighted by Crippen LogP contribution is 2.38. The predicted molar refractivity (Wildman–Crippen MR) is 200 cm³/mol. The quantitative estimate of drug-likeness (QED) is 0.237. The van der Waals surface area contributed by atoms with Crippen LogP contribution in [0.1, 0.15) is 80.2 Å². The van der Waals surface area contributed by atoms with E-state index in [1.54, 1.807) is 13.8 Å². The second-order valence-electron chi connectivity index (χ2n) is 15.9. The number of carbonyl (C=O) groups is 2. The number of ether oxygens (including phenoxy) is 5. The van der Waals surface area contributed by atoms with Gasteiger partial charge in [0, 0.05) is 18.5 Å². The molecule has 4 rings (SSSR count). The third-order valence-corrected chi connectivity index (χ3v) is 11.2. The minimum absolute atomic E-state index is 0.0374. The Morgan fingerprint density at radius 1 is 1.04 bits per heavy atom. The number of aliphatic hydroxyl groups is 2. The summed E-state index contributed by atoms with van der Waals surface area (Å²) in [5, 5.41) is 23.9. The van der Waals surface area contributed by atoms with Gasteiger partial charge in [0.05, 0.1) is 37.1 Å². The van der Waals surface area contributed by atoms with Crippen LogP contribution in [0.4, 0.5) is 0 Å². The van der Waals surface area contributed by atoms with Gasteiger partial charge in [-0.3, -0.25) is 9.59 Å². The van der Waals surface area contributed by atoms with E-state index in [4.69, 9.17) is 23.7 Å². The zero-order valence-electron chi connectivity index (χ0n) is 32.9. The SMILES string of the molecule is CC[C@H]1OC(=O)C(C)C(=O)[C@H](C)[C@@H](O[C@@H]2O[C@H](C)C[C@H](N(C)C)[C@H]2O)[C@@]2(C)C[C@@H](C)CN(/C=C/c3ccccc3)[C@H](C)[C@H](OC/C=C\CO2)[C@]1(C)O. The van der Waals surface area contributed by atoms with Crippen LogP contribution in [0.2, 0.25) is 0 Å². The standard InChI is InChI=1S/C41H64N2O9/c1-11-33-41(8,47)37-30(6)43(20-19-31-17-13-12-14-18-31)25-26(2)24-40(7,49-22-16-15-21-48-37)36(28(4)34(44)29(5)38(46)51-33)52-39-35(45)32(42(9)10)23-27(3)50-39/h12-20,26-30,32-33,35-37,39,45,47H,11,21-25H2,1-10H3/b16-15-,20-19+/t26-,27-,28+,29?,30-,32+,33-,35-,36-,37+,39+,40-,41-/m1/s1. The molecule has 0 aliphatic carbocycles. The van der Waals surface area contributed by atoms with Gasteiger partial charge in [0.25, 0.3) is 0 Å². The zero-order chi connectivity index (χ0) is 38.4. The Labute approximate surface area is 311 Å². The van der Waals surface area contributed by atoms with Crippen molar-refractivity contribution in [2.24, 2.45) is 17.8 Å². The molecule has 0 spiro atoms. The molecule has 3 aliphatic rings. The third-order valence-electron chi connectivity index (χ3n) is 11.2. The molecule has 2 fully saturated rings. The molecule has 3 heterocycles. The number of carbonyl (C=O) groups excluding carboxylic acids is 2. The lowest BCUT2D eigenvalue weighted by Crippen LogP contribution is -2.60. The number of nitrogens with zero attached hydrogens (tertiary/aromatic N) is 2. The van der Waals surface area contributed by atoms with Crippen molar-refractivity contribution >= 4 is 17.8 Å². The van der Waals surface area contributed by atoms with Crippen LogP contribution < -0.4 is 0 Å². The number of benzene rings is 1. The highest BCUT2D eigenvalue weighted by atomic mass is 16.7. The van der Waals surface area contributed by atoms with E-state index in [0.717, 1.165) is 5.56 Å². The van der Waals surface area contributed by atoms with E-state index in [-0.39, 0.29) is 43.1 Å².